The fraction of sp³-hybridized carbons (Fsp3) is 0.474. The molecule has 1 fully saturated rings. The molecule has 0 spiro atoms. The predicted octanol–water partition coefficient (Wildman–Crippen LogP) is 2.13. The van der Waals surface area contributed by atoms with Crippen molar-refractivity contribution in [1.29, 1.82) is 0 Å². The predicted molar refractivity (Wildman–Crippen MR) is 97.9 cm³/mol. The number of aliphatic hydroxyl groups excluding tert-OH is 1. The first-order valence-corrected chi connectivity index (χ1v) is 8.74. The van der Waals surface area contributed by atoms with E-state index in [9.17, 15) is 9.90 Å². The van der Waals surface area contributed by atoms with Crippen LogP contribution in [0.1, 0.15) is 24.2 Å². The van der Waals surface area contributed by atoms with Crippen LogP contribution in [0.3, 0.4) is 0 Å². The van der Waals surface area contributed by atoms with Gasteiger partial charge in [0.2, 0.25) is 5.91 Å². The van der Waals surface area contributed by atoms with Crippen LogP contribution in [0.15, 0.2) is 30.3 Å². The number of para-hydroxylation sites is 1. The highest BCUT2D eigenvalue weighted by Gasteiger charge is 2.30. The van der Waals surface area contributed by atoms with Crippen molar-refractivity contribution in [3.8, 4) is 5.69 Å². The molecule has 0 aliphatic heterocycles. The lowest BCUT2D eigenvalue weighted by Crippen LogP contribution is -2.36. The molecule has 1 aliphatic rings. The fourth-order valence-electron chi connectivity index (χ4n) is 3.08. The Kier molecular flexibility index (Phi) is 5.20. The van der Waals surface area contributed by atoms with Crippen LogP contribution < -0.4 is 5.32 Å². The second-order valence-corrected chi connectivity index (χ2v) is 6.94. The van der Waals surface area contributed by atoms with Crippen molar-refractivity contribution in [2.45, 2.75) is 32.8 Å². The first-order valence-electron chi connectivity index (χ1n) is 8.74. The average Bonchev–Trinajstić information content (AvgIpc) is 3.38. The Morgan fingerprint density at radius 3 is 2.68 bits per heavy atom. The van der Waals surface area contributed by atoms with Crippen LogP contribution in [0, 0.1) is 19.8 Å². The third-order valence-corrected chi connectivity index (χ3v) is 4.63. The summed E-state index contributed by atoms with van der Waals surface area (Å²) >= 11 is 0. The van der Waals surface area contributed by atoms with Gasteiger partial charge in [0.05, 0.1) is 35.4 Å². The third kappa shape index (κ3) is 4.27. The molecule has 1 amide bonds. The Labute approximate surface area is 148 Å². The van der Waals surface area contributed by atoms with E-state index in [-0.39, 0.29) is 18.6 Å². The zero-order chi connectivity index (χ0) is 18.0. The Morgan fingerprint density at radius 2 is 2.04 bits per heavy atom. The summed E-state index contributed by atoms with van der Waals surface area (Å²) in [5, 5.41) is 17.5. The highest BCUT2D eigenvalue weighted by atomic mass is 16.3. The van der Waals surface area contributed by atoms with E-state index >= 15 is 0 Å². The summed E-state index contributed by atoms with van der Waals surface area (Å²) in [6.45, 7) is 4.62. The molecule has 1 heterocycles. The van der Waals surface area contributed by atoms with Crippen LogP contribution in [-0.2, 0) is 4.79 Å². The largest absolute Gasteiger partial charge is 0.392 e. The summed E-state index contributed by atoms with van der Waals surface area (Å²) in [7, 11) is 1.86. The Hall–Kier alpha value is -2.18. The van der Waals surface area contributed by atoms with Gasteiger partial charge in [-0.25, -0.2) is 4.68 Å². The van der Waals surface area contributed by atoms with Gasteiger partial charge in [0.15, 0.2) is 0 Å². The van der Waals surface area contributed by atoms with E-state index in [1.807, 2.05) is 60.8 Å². The van der Waals surface area contributed by atoms with Gasteiger partial charge in [0.25, 0.3) is 0 Å². The molecule has 1 unspecified atom stereocenters. The molecule has 25 heavy (non-hydrogen) atoms. The SMILES string of the molecule is Cc1nn(-c2ccccc2)c(C)c1NC(=O)CN(C)CC(O)C1CC1. The Morgan fingerprint density at radius 1 is 1.36 bits per heavy atom. The molecule has 2 aromatic rings. The molecule has 134 valence electrons. The molecule has 1 aromatic heterocycles. The monoisotopic (exact) mass is 342 g/mol. The second kappa shape index (κ2) is 7.37. The summed E-state index contributed by atoms with van der Waals surface area (Å²) in [6, 6.07) is 9.86. The second-order valence-electron chi connectivity index (χ2n) is 6.94. The molecule has 6 heteroatoms. The molecule has 6 nitrogen and oxygen atoms in total. The number of nitrogens with zero attached hydrogens (tertiary/aromatic N) is 3. The minimum absolute atomic E-state index is 0.0932. The molecule has 1 aliphatic carbocycles. The molecule has 1 aromatic carbocycles. The van der Waals surface area contributed by atoms with E-state index in [1.165, 1.54) is 0 Å². The number of aliphatic hydroxyl groups is 1. The van der Waals surface area contributed by atoms with Crippen LogP contribution in [0.5, 0.6) is 0 Å². The molecule has 1 saturated carbocycles. The van der Waals surface area contributed by atoms with Gasteiger partial charge < -0.3 is 10.4 Å². The molecule has 2 N–H and O–H groups in total. The number of anilines is 1. The maximum absolute atomic E-state index is 12.4. The van der Waals surface area contributed by atoms with Gasteiger partial charge in [-0.15, -0.1) is 0 Å². The zero-order valence-electron chi connectivity index (χ0n) is 15.1. The van der Waals surface area contributed by atoms with E-state index in [2.05, 4.69) is 10.4 Å². The van der Waals surface area contributed by atoms with Gasteiger partial charge >= 0.3 is 0 Å². The standard InChI is InChI=1S/C19H26N4O2/c1-13-19(14(2)23(21-13)16-7-5-4-6-8-16)20-18(25)12-22(3)11-17(24)15-9-10-15/h4-8,15,17,24H,9-12H2,1-3H3,(H,20,25). The first kappa shape index (κ1) is 17.6. The highest BCUT2D eigenvalue weighted by Crippen LogP contribution is 2.32. The van der Waals surface area contributed by atoms with E-state index in [1.54, 1.807) is 0 Å². The summed E-state index contributed by atoms with van der Waals surface area (Å²) in [5.74, 6) is 0.323. The van der Waals surface area contributed by atoms with E-state index in [0.717, 1.165) is 35.6 Å². The van der Waals surface area contributed by atoms with Crippen molar-refractivity contribution in [3.63, 3.8) is 0 Å². The number of carbonyl (C=O) groups excluding carboxylic acids is 1. The molecular formula is C19H26N4O2. The van der Waals surface area contributed by atoms with Gasteiger partial charge in [-0.05, 0) is 51.8 Å². The number of aromatic nitrogens is 2. The summed E-state index contributed by atoms with van der Waals surface area (Å²) < 4.78 is 1.84. The lowest BCUT2D eigenvalue weighted by atomic mass is 10.2. The Bertz CT molecular complexity index is 737. The van der Waals surface area contributed by atoms with Gasteiger partial charge in [-0.2, -0.15) is 5.10 Å². The molecule has 1 atom stereocenters. The highest BCUT2D eigenvalue weighted by molar-refractivity contribution is 5.93. The van der Waals surface area contributed by atoms with E-state index < -0.39 is 0 Å². The topological polar surface area (TPSA) is 70.4 Å². The molecule has 0 radical (unpaired) electrons. The minimum Gasteiger partial charge on any atom is -0.392 e. The van der Waals surface area contributed by atoms with Crippen molar-refractivity contribution in [1.82, 2.24) is 14.7 Å². The average molecular weight is 342 g/mol. The van der Waals surface area contributed by atoms with Crippen molar-refractivity contribution in [3.05, 3.63) is 41.7 Å². The number of nitrogens with one attached hydrogen (secondary N) is 1. The number of amides is 1. The zero-order valence-corrected chi connectivity index (χ0v) is 15.1. The van der Waals surface area contributed by atoms with Crippen molar-refractivity contribution in [2.75, 3.05) is 25.5 Å². The van der Waals surface area contributed by atoms with Gasteiger partial charge in [0, 0.05) is 6.54 Å². The Balaban J connectivity index is 1.64. The number of aryl methyl sites for hydroxylation is 1. The van der Waals surface area contributed by atoms with Crippen LogP contribution in [0.4, 0.5) is 5.69 Å². The van der Waals surface area contributed by atoms with Crippen molar-refractivity contribution in [2.24, 2.45) is 5.92 Å². The fourth-order valence-corrected chi connectivity index (χ4v) is 3.08. The summed E-state index contributed by atoms with van der Waals surface area (Å²) in [4.78, 5) is 14.2. The van der Waals surface area contributed by atoms with Crippen LogP contribution >= 0.6 is 0 Å². The molecular weight excluding hydrogens is 316 g/mol. The smallest absolute Gasteiger partial charge is 0.238 e. The minimum atomic E-state index is -0.331. The van der Waals surface area contributed by atoms with Crippen molar-refractivity contribution >= 4 is 11.6 Å². The van der Waals surface area contributed by atoms with E-state index in [4.69, 9.17) is 0 Å². The van der Waals surface area contributed by atoms with Crippen LogP contribution in [0.25, 0.3) is 5.69 Å². The maximum Gasteiger partial charge on any atom is 0.238 e. The first-order chi connectivity index (χ1) is 12.0. The summed E-state index contributed by atoms with van der Waals surface area (Å²) in [5.41, 5.74) is 3.41. The third-order valence-electron chi connectivity index (χ3n) is 4.63. The number of benzene rings is 1. The van der Waals surface area contributed by atoms with Gasteiger partial charge in [-0.1, -0.05) is 18.2 Å². The number of likely N-dealkylation sites (N-methyl/N-ethyl adjacent to an activating group) is 1. The van der Waals surface area contributed by atoms with Crippen molar-refractivity contribution < 1.29 is 9.90 Å². The lowest BCUT2D eigenvalue weighted by Gasteiger charge is -2.19. The van der Waals surface area contributed by atoms with E-state index in [0.29, 0.717) is 12.5 Å². The van der Waals surface area contributed by atoms with Crippen LogP contribution in [0.2, 0.25) is 0 Å². The maximum atomic E-state index is 12.4. The van der Waals surface area contributed by atoms with Gasteiger partial charge in [0.1, 0.15) is 0 Å². The van der Waals surface area contributed by atoms with Crippen LogP contribution in [-0.4, -0.2) is 51.9 Å². The summed E-state index contributed by atoms with van der Waals surface area (Å²) in [6.07, 6.45) is 1.86. The normalized spacial score (nSPS) is 15.4. The quantitative estimate of drug-likeness (QED) is 0.809. The molecule has 0 bridgehead atoms. The molecule has 3 rings (SSSR count). The molecule has 0 saturated heterocycles. The number of hydrogen-bond donors (Lipinski definition) is 2. The number of hydrogen-bond acceptors (Lipinski definition) is 4. The van der Waals surface area contributed by atoms with Gasteiger partial charge in [-0.3, -0.25) is 9.69 Å². The lowest BCUT2D eigenvalue weighted by molar-refractivity contribution is -0.117. The number of rotatable bonds is 7. The number of carbonyl (C=O) groups is 1.